The van der Waals surface area contributed by atoms with E-state index in [1.807, 2.05) is 41.1 Å². The maximum atomic E-state index is 13.1. The molecule has 1 heterocycles. The second-order valence-corrected chi connectivity index (χ2v) is 5.75. The Hall–Kier alpha value is -3.39. The minimum absolute atomic E-state index is 0.0449. The van der Waals surface area contributed by atoms with Crippen LogP contribution in [0.3, 0.4) is 0 Å². The lowest BCUT2D eigenvalue weighted by atomic mass is 10.1. The number of esters is 1. The zero-order valence-electron chi connectivity index (χ0n) is 14.3. The molecular formula is C21H17FN2O2. The number of para-hydroxylation sites is 1. The van der Waals surface area contributed by atoms with Gasteiger partial charge in [0.2, 0.25) is 0 Å². The fourth-order valence-electron chi connectivity index (χ4n) is 2.81. The number of halogens is 1. The molecular weight excluding hydrogens is 331 g/mol. The van der Waals surface area contributed by atoms with E-state index in [1.165, 1.54) is 12.1 Å². The predicted molar refractivity (Wildman–Crippen MR) is 97.7 cm³/mol. The molecule has 0 aliphatic carbocycles. The van der Waals surface area contributed by atoms with Gasteiger partial charge in [-0.05, 0) is 36.8 Å². The van der Waals surface area contributed by atoms with E-state index in [4.69, 9.17) is 4.74 Å². The molecule has 0 radical (unpaired) electrons. The minimum atomic E-state index is -0.634. The van der Waals surface area contributed by atoms with Crippen molar-refractivity contribution in [2.75, 3.05) is 6.61 Å². The normalized spacial score (nSPS) is 11.3. The highest BCUT2D eigenvalue weighted by Gasteiger charge is 2.13. The molecule has 0 saturated heterocycles. The number of fused-ring (bicyclic) bond motifs is 1. The van der Waals surface area contributed by atoms with Crippen LogP contribution in [0, 0.1) is 17.1 Å². The maximum Gasteiger partial charge on any atom is 0.348 e. The molecule has 4 nitrogen and oxygen atoms in total. The standard InChI is InChI=1S/C21H17FN2O2/c1-2-26-21(25)16(12-23)11-17-14-24(20-6-4-3-5-19(17)20)13-15-7-9-18(22)10-8-15/h3-11,14H,2,13H2,1H3. The molecule has 0 atom stereocenters. The maximum absolute atomic E-state index is 13.1. The summed E-state index contributed by atoms with van der Waals surface area (Å²) in [7, 11) is 0. The van der Waals surface area contributed by atoms with E-state index in [9.17, 15) is 14.4 Å². The molecule has 3 rings (SSSR count). The molecule has 5 heteroatoms. The summed E-state index contributed by atoms with van der Waals surface area (Å²) in [5.41, 5.74) is 2.63. The van der Waals surface area contributed by atoms with Gasteiger partial charge >= 0.3 is 5.97 Å². The summed E-state index contributed by atoms with van der Waals surface area (Å²) in [4.78, 5) is 11.9. The third-order valence-corrected chi connectivity index (χ3v) is 4.00. The van der Waals surface area contributed by atoms with Crippen LogP contribution in [0.5, 0.6) is 0 Å². The van der Waals surface area contributed by atoms with Crippen LogP contribution in [0.25, 0.3) is 17.0 Å². The highest BCUT2D eigenvalue weighted by atomic mass is 19.1. The van der Waals surface area contributed by atoms with Gasteiger partial charge in [-0.3, -0.25) is 0 Å². The number of benzene rings is 2. The van der Waals surface area contributed by atoms with E-state index in [0.717, 1.165) is 22.0 Å². The Morgan fingerprint density at radius 3 is 2.65 bits per heavy atom. The third-order valence-electron chi connectivity index (χ3n) is 4.00. The van der Waals surface area contributed by atoms with Crippen molar-refractivity contribution in [3.8, 4) is 6.07 Å². The van der Waals surface area contributed by atoms with Crippen LogP contribution in [-0.2, 0) is 16.1 Å². The largest absolute Gasteiger partial charge is 0.462 e. The minimum Gasteiger partial charge on any atom is -0.462 e. The molecule has 0 saturated carbocycles. The Morgan fingerprint density at radius 2 is 1.96 bits per heavy atom. The SMILES string of the molecule is CCOC(=O)C(C#N)=Cc1cn(Cc2ccc(F)cc2)c2ccccc12. The molecule has 0 aliphatic rings. The molecule has 0 aliphatic heterocycles. The average molecular weight is 348 g/mol. The fourth-order valence-corrected chi connectivity index (χ4v) is 2.81. The number of nitriles is 1. The molecule has 130 valence electrons. The van der Waals surface area contributed by atoms with Gasteiger partial charge in [0, 0.05) is 29.2 Å². The number of nitrogens with zero attached hydrogens (tertiary/aromatic N) is 2. The van der Waals surface area contributed by atoms with Gasteiger partial charge in [0.25, 0.3) is 0 Å². The van der Waals surface area contributed by atoms with E-state index >= 15 is 0 Å². The summed E-state index contributed by atoms with van der Waals surface area (Å²) < 4.78 is 20.0. The van der Waals surface area contributed by atoms with Crippen LogP contribution in [-0.4, -0.2) is 17.1 Å². The number of carbonyl (C=O) groups is 1. The predicted octanol–water partition coefficient (Wildman–Crippen LogP) is 4.30. The summed E-state index contributed by atoms with van der Waals surface area (Å²) in [6.45, 7) is 2.46. The monoisotopic (exact) mass is 348 g/mol. The van der Waals surface area contributed by atoms with Gasteiger partial charge in [-0.25, -0.2) is 9.18 Å². The molecule has 1 aromatic heterocycles. The van der Waals surface area contributed by atoms with E-state index in [1.54, 1.807) is 25.1 Å². The lowest BCUT2D eigenvalue weighted by molar-refractivity contribution is -0.137. The Kier molecular flexibility index (Phi) is 5.14. The zero-order chi connectivity index (χ0) is 18.5. The topological polar surface area (TPSA) is 55.0 Å². The number of hydrogen-bond donors (Lipinski definition) is 0. The molecule has 0 bridgehead atoms. The highest BCUT2D eigenvalue weighted by molar-refractivity contribution is 6.01. The van der Waals surface area contributed by atoms with Crippen molar-refractivity contribution in [3.05, 3.63) is 77.2 Å². The van der Waals surface area contributed by atoms with Gasteiger partial charge in [-0.1, -0.05) is 30.3 Å². The van der Waals surface area contributed by atoms with Crippen LogP contribution in [0.4, 0.5) is 4.39 Å². The van der Waals surface area contributed by atoms with E-state index in [-0.39, 0.29) is 18.0 Å². The number of rotatable bonds is 5. The van der Waals surface area contributed by atoms with Crippen molar-refractivity contribution >= 4 is 22.9 Å². The molecule has 0 amide bonds. The molecule has 0 unspecified atom stereocenters. The van der Waals surface area contributed by atoms with E-state index < -0.39 is 5.97 Å². The van der Waals surface area contributed by atoms with Crippen molar-refractivity contribution in [1.82, 2.24) is 4.57 Å². The summed E-state index contributed by atoms with van der Waals surface area (Å²) in [6.07, 6.45) is 3.42. The number of hydrogen-bond acceptors (Lipinski definition) is 3. The van der Waals surface area contributed by atoms with Crippen LogP contribution >= 0.6 is 0 Å². The zero-order valence-corrected chi connectivity index (χ0v) is 14.3. The average Bonchev–Trinajstić information content (AvgIpc) is 2.99. The van der Waals surface area contributed by atoms with Crippen LogP contribution < -0.4 is 0 Å². The summed E-state index contributed by atoms with van der Waals surface area (Å²) in [5, 5.41) is 10.2. The first-order valence-electron chi connectivity index (χ1n) is 8.23. The first kappa shape index (κ1) is 17.4. The van der Waals surface area contributed by atoms with Gasteiger partial charge in [-0.15, -0.1) is 0 Å². The molecule has 0 N–H and O–H groups in total. The second kappa shape index (κ2) is 7.66. The van der Waals surface area contributed by atoms with E-state index in [2.05, 4.69) is 0 Å². The number of carbonyl (C=O) groups excluding carboxylic acids is 1. The van der Waals surface area contributed by atoms with Crippen molar-refractivity contribution < 1.29 is 13.9 Å². The van der Waals surface area contributed by atoms with Crippen LogP contribution in [0.15, 0.2) is 60.3 Å². The van der Waals surface area contributed by atoms with Gasteiger partial charge in [0.15, 0.2) is 0 Å². The van der Waals surface area contributed by atoms with Crippen LogP contribution in [0.1, 0.15) is 18.1 Å². The first-order valence-corrected chi connectivity index (χ1v) is 8.23. The lowest BCUT2D eigenvalue weighted by Crippen LogP contribution is -2.05. The quantitative estimate of drug-likeness (QED) is 0.392. The summed E-state index contributed by atoms with van der Waals surface area (Å²) >= 11 is 0. The molecule has 2 aromatic carbocycles. The van der Waals surface area contributed by atoms with Gasteiger partial charge in [-0.2, -0.15) is 5.26 Å². The van der Waals surface area contributed by atoms with Crippen molar-refractivity contribution in [2.45, 2.75) is 13.5 Å². The Balaban J connectivity index is 2.03. The Morgan fingerprint density at radius 1 is 1.23 bits per heavy atom. The second-order valence-electron chi connectivity index (χ2n) is 5.75. The number of aromatic nitrogens is 1. The van der Waals surface area contributed by atoms with Gasteiger partial charge < -0.3 is 9.30 Å². The van der Waals surface area contributed by atoms with Crippen molar-refractivity contribution in [3.63, 3.8) is 0 Å². The van der Waals surface area contributed by atoms with Crippen molar-refractivity contribution in [2.24, 2.45) is 0 Å². The van der Waals surface area contributed by atoms with E-state index in [0.29, 0.717) is 6.54 Å². The molecule has 26 heavy (non-hydrogen) atoms. The molecule has 0 spiro atoms. The lowest BCUT2D eigenvalue weighted by Gasteiger charge is -2.05. The van der Waals surface area contributed by atoms with Gasteiger partial charge in [0.1, 0.15) is 17.5 Å². The Labute approximate surface area is 150 Å². The number of ether oxygens (including phenoxy) is 1. The fraction of sp³-hybridized carbons (Fsp3) is 0.143. The smallest absolute Gasteiger partial charge is 0.348 e. The molecule has 0 fully saturated rings. The van der Waals surface area contributed by atoms with Crippen LogP contribution in [0.2, 0.25) is 0 Å². The van der Waals surface area contributed by atoms with Gasteiger partial charge in [0.05, 0.1) is 6.61 Å². The third kappa shape index (κ3) is 3.65. The Bertz CT molecular complexity index is 1010. The van der Waals surface area contributed by atoms with Crippen molar-refractivity contribution in [1.29, 1.82) is 5.26 Å². The highest BCUT2D eigenvalue weighted by Crippen LogP contribution is 2.25. The summed E-state index contributed by atoms with van der Waals surface area (Å²) in [5.74, 6) is -0.909. The molecule has 3 aromatic rings. The first-order chi connectivity index (χ1) is 12.6. The summed E-state index contributed by atoms with van der Waals surface area (Å²) in [6, 6.07) is 15.9.